The third-order valence-corrected chi connectivity index (χ3v) is 7.22. The number of urea groups is 1. The number of amides is 3. The van der Waals surface area contributed by atoms with Crippen LogP contribution >= 0.6 is 0 Å². The number of alkyl halides is 3. The van der Waals surface area contributed by atoms with E-state index in [0.717, 1.165) is 11.7 Å². The third-order valence-electron chi connectivity index (χ3n) is 7.22. The van der Waals surface area contributed by atoms with Crippen LogP contribution in [0.5, 0.6) is 0 Å². The molecule has 5 rings (SSSR count). The summed E-state index contributed by atoms with van der Waals surface area (Å²) < 4.78 is 56.6. The molecule has 3 heterocycles. The molecule has 2 aliphatic rings. The Balaban J connectivity index is 1.19. The van der Waals surface area contributed by atoms with Crippen LogP contribution in [0.25, 0.3) is 5.65 Å². The van der Waals surface area contributed by atoms with E-state index in [2.05, 4.69) is 10.4 Å². The van der Waals surface area contributed by atoms with Gasteiger partial charge in [-0.2, -0.15) is 18.3 Å². The van der Waals surface area contributed by atoms with Crippen LogP contribution in [-0.2, 0) is 13.2 Å². The first kappa shape index (κ1) is 23.2. The van der Waals surface area contributed by atoms with Crippen molar-refractivity contribution < 1.29 is 27.2 Å². The third kappa shape index (κ3) is 3.80. The average molecular weight is 492 g/mol. The second-order valence-electron chi connectivity index (χ2n) is 9.63. The number of aryl methyl sites for hydroxylation is 1. The number of nitrogens with zero attached hydrogens (tertiary/aromatic N) is 5. The van der Waals surface area contributed by atoms with Gasteiger partial charge in [-0.15, -0.1) is 0 Å². The fourth-order valence-corrected chi connectivity index (χ4v) is 5.09. The lowest BCUT2D eigenvalue weighted by atomic mass is 9.60. The quantitative estimate of drug-likeness (QED) is 0.564. The van der Waals surface area contributed by atoms with Crippen molar-refractivity contribution in [3.05, 3.63) is 53.2 Å². The number of carbonyl (C=O) groups is 2. The minimum absolute atomic E-state index is 0.0644. The van der Waals surface area contributed by atoms with Crippen molar-refractivity contribution in [2.45, 2.75) is 32.0 Å². The second kappa shape index (κ2) is 7.72. The normalized spacial score (nSPS) is 17.4. The van der Waals surface area contributed by atoms with Crippen molar-refractivity contribution in [1.82, 2.24) is 24.0 Å². The van der Waals surface area contributed by atoms with Crippen molar-refractivity contribution >= 4 is 23.3 Å². The molecular weight excluding hydrogens is 468 g/mol. The Labute approximate surface area is 198 Å². The largest absolute Gasteiger partial charge is 0.416 e. The molecule has 1 N–H and O–H groups in total. The van der Waals surface area contributed by atoms with Gasteiger partial charge in [-0.3, -0.25) is 4.79 Å². The van der Waals surface area contributed by atoms with E-state index in [1.165, 1.54) is 11.8 Å². The van der Waals surface area contributed by atoms with Crippen LogP contribution in [0.4, 0.5) is 28.0 Å². The number of likely N-dealkylation sites (tertiary alicyclic amines) is 1. The fourth-order valence-electron chi connectivity index (χ4n) is 5.09. The molecule has 0 atom stereocenters. The minimum Gasteiger partial charge on any atom is -0.337 e. The summed E-state index contributed by atoms with van der Waals surface area (Å²) in [7, 11) is 3.41. The van der Waals surface area contributed by atoms with Crippen molar-refractivity contribution in [2.75, 3.05) is 25.5 Å². The van der Waals surface area contributed by atoms with E-state index in [4.69, 9.17) is 0 Å². The van der Waals surface area contributed by atoms with Gasteiger partial charge < -0.3 is 19.7 Å². The molecule has 8 nitrogen and oxygen atoms in total. The molecule has 1 saturated carbocycles. The Bertz CT molecular complexity index is 1330. The lowest BCUT2D eigenvalue weighted by Gasteiger charge is -2.60. The van der Waals surface area contributed by atoms with Crippen molar-refractivity contribution in [3.63, 3.8) is 0 Å². The smallest absolute Gasteiger partial charge is 0.337 e. The first-order valence-electron chi connectivity index (χ1n) is 11.1. The van der Waals surface area contributed by atoms with E-state index in [0.29, 0.717) is 37.6 Å². The summed E-state index contributed by atoms with van der Waals surface area (Å²) in [5.41, 5.74) is -0.259. The topological polar surface area (TPSA) is 74.9 Å². The molecule has 3 aromatic rings. The molecule has 0 unspecified atom stereocenters. The molecule has 0 radical (unpaired) electrons. The molecule has 186 valence electrons. The second-order valence-corrected chi connectivity index (χ2v) is 9.63. The Hall–Kier alpha value is -3.57. The highest BCUT2D eigenvalue weighted by molar-refractivity contribution is 6.00. The van der Waals surface area contributed by atoms with Gasteiger partial charge in [-0.25, -0.2) is 13.7 Å². The number of hydrogen-bond acceptors (Lipinski definition) is 3. The number of fused-ring (bicyclic) bond motifs is 1. The van der Waals surface area contributed by atoms with Crippen LogP contribution in [0.15, 0.2) is 30.7 Å². The molecule has 1 aromatic carbocycles. The summed E-state index contributed by atoms with van der Waals surface area (Å²) in [5, 5.41) is 6.61. The monoisotopic (exact) mass is 492 g/mol. The zero-order valence-electron chi connectivity index (χ0n) is 19.4. The number of benzene rings is 1. The first-order chi connectivity index (χ1) is 16.4. The zero-order valence-corrected chi connectivity index (χ0v) is 19.4. The van der Waals surface area contributed by atoms with E-state index >= 15 is 0 Å². The van der Waals surface area contributed by atoms with Gasteiger partial charge in [0.15, 0.2) is 0 Å². The molecule has 1 saturated heterocycles. The van der Waals surface area contributed by atoms with Gasteiger partial charge in [0.25, 0.3) is 5.91 Å². The SMILES string of the molecule is Cc1c(F)cc(C(F)(F)F)cc1NC(=O)N(C)C1CC2(C1)CN(C(=O)c1cnn3ccn(C)c13)C2. The summed E-state index contributed by atoms with van der Waals surface area (Å²) >= 11 is 0. The van der Waals surface area contributed by atoms with Crippen molar-refractivity contribution in [3.8, 4) is 0 Å². The lowest BCUT2D eigenvalue weighted by Crippen LogP contribution is -2.67. The Kier molecular flexibility index (Phi) is 5.11. The van der Waals surface area contributed by atoms with Gasteiger partial charge in [0.1, 0.15) is 17.0 Å². The summed E-state index contributed by atoms with van der Waals surface area (Å²) in [5.74, 6) is -1.13. The maximum atomic E-state index is 14.0. The molecule has 3 amide bonds. The molecule has 1 aliphatic heterocycles. The van der Waals surface area contributed by atoms with Crippen LogP contribution in [0.1, 0.15) is 34.3 Å². The van der Waals surface area contributed by atoms with Gasteiger partial charge in [0.2, 0.25) is 0 Å². The Morgan fingerprint density at radius 1 is 1.20 bits per heavy atom. The number of rotatable bonds is 3. The highest BCUT2D eigenvalue weighted by atomic mass is 19.4. The molecule has 2 fully saturated rings. The van der Waals surface area contributed by atoms with Crippen LogP contribution in [0.3, 0.4) is 0 Å². The lowest BCUT2D eigenvalue weighted by molar-refractivity contribution is -0.137. The number of nitrogens with one attached hydrogen (secondary N) is 1. The number of aromatic nitrogens is 3. The van der Waals surface area contributed by atoms with Crippen LogP contribution in [0.2, 0.25) is 0 Å². The average Bonchev–Trinajstić information content (AvgIpc) is 3.31. The number of imidazole rings is 1. The van der Waals surface area contributed by atoms with E-state index in [9.17, 15) is 27.2 Å². The van der Waals surface area contributed by atoms with Gasteiger partial charge in [0, 0.05) is 62.3 Å². The summed E-state index contributed by atoms with van der Waals surface area (Å²) in [6, 6.07) is 0.423. The van der Waals surface area contributed by atoms with Gasteiger partial charge in [0.05, 0.1) is 11.8 Å². The highest BCUT2D eigenvalue weighted by Gasteiger charge is 2.55. The molecule has 1 spiro atoms. The van der Waals surface area contributed by atoms with E-state index in [1.54, 1.807) is 28.9 Å². The van der Waals surface area contributed by atoms with Crippen molar-refractivity contribution in [1.29, 1.82) is 0 Å². The van der Waals surface area contributed by atoms with E-state index in [1.807, 2.05) is 17.8 Å². The van der Waals surface area contributed by atoms with Gasteiger partial charge in [-0.05, 0) is 31.9 Å². The summed E-state index contributed by atoms with van der Waals surface area (Å²) in [4.78, 5) is 28.8. The zero-order chi connectivity index (χ0) is 25.3. The molecule has 2 aromatic heterocycles. The summed E-state index contributed by atoms with van der Waals surface area (Å²) in [6.07, 6.45) is 1.77. The van der Waals surface area contributed by atoms with Gasteiger partial charge >= 0.3 is 12.2 Å². The summed E-state index contributed by atoms with van der Waals surface area (Å²) in [6.45, 7) is 2.45. The van der Waals surface area contributed by atoms with Crippen LogP contribution in [-0.4, -0.2) is 62.1 Å². The fraction of sp³-hybridized carbons (Fsp3) is 0.435. The van der Waals surface area contributed by atoms with Crippen LogP contribution in [0, 0.1) is 18.2 Å². The molecule has 35 heavy (non-hydrogen) atoms. The predicted octanol–water partition coefficient (Wildman–Crippen LogP) is 3.91. The predicted molar refractivity (Wildman–Crippen MR) is 118 cm³/mol. The first-order valence-corrected chi connectivity index (χ1v) is 11.1. The standard InChI is InChI=1S/C23H24F4N6O2/c1-13-17(24)6-14(23(25,26)27)7-18(13)29-21(35)31(3)15-8-22(9-15)11-32(12-22)20(34)16-10-28-33-5-4-30(2)19(16)33/h4-7,10,15H,8-9,11-12H2,1-3H3,(H,29,35). The molecule has 1 aliphatic carbocycles. The van der Waals surface area contributed by atoms with Crippen LogP contribution < -0.4 is 5.32 Å². The minimum atomic E-state index is -4.73. The molecular formula is C23H24F4N6O2. The van der Waals surface area contributed by atoms with E-state index in [-0.39, 0.29) is 28.6 Å². The van der Waals surface area contributed by atoms with E-state index < -0.39 is 23.6 Å². The number of anilines is 1. The Morgan fingerprint density at radius 3 is 2.54 bits per heavy atom. The van der Waals surface area contributed by atoms with Gasteiger partial charge in [-0.1, -0.05) is 0 Å². The highest BCUT2D eigenvalue weighted by Crippen LogP contribution is 2.50. The Morgan fingerprint density at radius 2 is 1.89 bits per heavy atom. The maximum absolute atomic E-state index is 14.0. The number of halogens is 4. The number of carbonyl (C=O) groups excluding carboxylic acids is 2. The molecule has 0 bridgehead atoms. The van der Waals surface area contributed by atoms with Crippen molar-refractivity contribution in [2.24, 2.45) is 12.5 Å². The molecule has 12 heteroatoms. The number of hydrogen-bond donors (Lipinski definition) is 1. The maximum Gasteiger partial charge on any atom is 0.416 e.